The molecule has 1 aliphatic heterocycles. The van der Waals surface area contributed by atoms with Crippen LogP contribution in [-0.2, 0) is 4.79 Å². The van der Waals surface area contributed by atoms with Crippen LogP contribution in [0.1, 0.15) is 24.8 Å². The molecule has 0 aliphatic carbocycles. The van der Waals surface area contributed by atoms with E-state index in [1.807, 2.05) is 31.2 Å². The topological polar surface area (TPSA) is 26.3 Å². The van der Waals surface area contributed by atoms with Crippen LogP contribution in [0.3, 0.4) is 0 Å². The van der Waals surface area contributed by atoms with Gasteiger partial charge in [0.2, 0.25) is 0 Å². The minimum absolute atomic E-state index is 0.0406. The molecule has 12 heavy (non-hydrogen) atoms. The van der Waals surface area contributed by atoms with Crippen molar-refractivity contribution in [2.24, 2.45) is 0 Å². The highest BCUT2D eigenvalue weighted by atomic mass is 16.5. The van der Waals surface area contributed by atoms with E-state index in [2.05, 4.69) is 0 Å². The van der Waals surface area contributed by atoms with E-state index < -0.39 is 0 Å². The molecule has 1 aromatic carbocycles. The van der Waals surface area contributed by atoms with Crippen molar-refractivity contribution < 1.29 is 9.53 Å². The van der Waals surface area contributed by atoms with E-state index in [1.54, 1.807) is 0 Å². The van der Waals surface area contributed by atoms with E-state index in [0.29, 0.717) is 0 Å². The average Bonchev–Trinajstić information content (AvgIpc) is 2.40. The van der Waals surface area contributed by atoms with Crippen LogP contribution in [0.4, 0.5) is 0 Å². The molecule has 0 fully saturated rings. The molecule has 0 aromatic heterocycles. The number of hydrogen-bond donors (Lipinski definition) is 0. The first-order valence-electron chi connectivity index (χ1n) is 4.13. The second-order valence-corrected chi connectivity index (χ2v) is 2.92. The maximum absolute atomic E-state index is 11.2. The Morgan fingerprint density at radius 1 is 1.42 bits per heavy atom. The van der Waals surface area contributed by atoms with E-state index >= 15 is 0 Å². The molecule has 0 amide bonds. The van der Waals surface area contributed by atoms with E-state index in [-0.39, 0.29) is 11.9 Å². The van der Waals surface area contributed by atoms with Gasteiger partial charge in [0.05, 0.1) is 5.92 Å². The molecular formula is C10H10O2. The quantitative estimate of drug-likeness (QED) is 0.467. The van der Waals surface area contributed by atoms with Crippen molar-refractivity contribution in [3.8, 4) is 5.75 Å². The normalized spacial score (nSPS) is 20.4. The molecule has 62 valence electrons. The van der Waals surface area contributed by atoms with Crippen molar-refractivity contribution in [1.29, 1.82) is 0 Å². The Morgan fingerprint density at radius 2 is 2.17 bits per heavy atom. The zero-order chi connectivity index (χ0) is 8.55. The van der Waals surface area contributed by atoms with Crippen LogP contribution in [0.2, 0.25) is 0 Å². The van der Waals surface area contributed by atoms with Gasteiger partial charge in [0.1, 0.15) is 5.75 Å². The van der Waals surface area contributed by atoms with Crippen LogP contribution in [0, 0.1) is 0 Å². The molecule has 0 N–H and O–H groups in total. The van der Waals surface area contributed by atoms with Crippen molar-refractivity contribution in [3.63, 3.8) is 0 Å². The predicted molar refractivity (Wildman–Crippen MR) is 45.1 cm³/mol. The van der Waals surface area contributed by atoms with Crippen LogP contribution in [0.5, 0.6) is 5.75 Å². The Bertz CT molecular complexity index is 317. The Morgan fingerprint density at radius 3 is 2.92 bits per heavy atom. The molecule has 0 radical (unpaired) electrons. The smallest absolute Gasteiger partial charge is 0.318 e. The molecule has 1 aromatic rings. The molecule has 1 atom stereocenters. The number of esters is 1. The van der Waals surface area contributed by atoms with Gasteiger partial charge in [0.25, 0.3) is 0 Å². The van der Waals surface area contributed by atoms with Crippen molar-refractivity contribution in [3.05, 3.63) is 29.8 Å². The third-order valence-electron chi connectivity index (χ3n) is 2.20. The zero-order valence-electron chi connectivity index (χ0n) is 6.91. The van der Waals surface area contributed by atoms with Gasteiger partial charge < -0.3 is 4.74 Å². The number of carbonyl (C=O) groups excluding carboxylic acids is 1. The van der Waals surface area contributed by atoms with Crippen molar-refractivity contribution in [1.82, 2.24) is 0 Å². The lowest BCUT2D eigenvalue weighted by Gasteiger charge is -2.00. The lowest BCUT2D eigenvalue weighted by Crippen LogP contribution is -2.08. The van der Waals surface area contributed by atoms with Gasteiger partial charge in [-0.25, -0.2) is 0 Å². The lowest BCUT2D eigenvalue weighted by atomic mass is 9.98. The Kier molecular flexibility index (Phi) is 1.61. The van der Waals surface area contributed by atoms with Crippen molar-refractivity contribution >= 4 is 5.97 Å². The van der Waals surface area contributed by atoms with Crippen LogP contribution in [-0.4, -0.2) is 5.97 Å². The number of rotatable bonds is 1. The summed E-state index contributed by atoms with van der Waals surface area (Å²) in [6, 6.07) is 7.60. The first-order chi connectivity index (χ1) is 5.83. The number of fused-ring (bicyclic) bond motifs is 1. The largest absolute Gasteiger partial charge is 0.426 e. The number of ether oxygens (including phenoxy) is 1. The molecule has 0 bridgehead atoms. The second kappa shape index (κ2) is 2.63. The molecule has 1 heterocycles. The minimum atomic E-state index is -0.112. The maximum Gasteiger partial charge on any atom is 0.318 e. The van der Waals surface area contributed by atoms with Gasteiger partial charge in [0.15, 0.2) is 0 Å². The highest BCUT2D eigenvalue weighted by Crippen LogP contribution is 2.35. The Hall–Kier alpha value is -1.31. The third-order valence-corrected chi connectivity index (χ3v) is 2.20. The SMILES string of the molecule is CC[C@H]1C(=O)Oc2ccccc21. The standard InChI is InChI=1S/C10H10O2/c1-2-7-8-5-3-4-6-9(8)12-10(7)11/h3-7H,2H2,1H3/t7-/m1/s1. The predicted octanol–water partition coefficient (Wildman–Crippen LogP) is 2.10. The summed E-state index contributed by atoms with van der Waals surface area (Å²) < 4.78 is 5.07. The van der Waals surface area contributed by atoms with E-state index in [0.717, 1.165) is 17.7 Å². The summed E-state index contributed by atoms with van der Waals surface area (Å²) in [6.45, 7) is 1.99. The molecule has 0 unspecified atom stereocenters. The Balaban J connectivity index is 2.47. The number of benzene rings is 1. The summed E-state index contributed by atoms with van der Waals surface area (Å²) >= 11 is 0. The summed E-state index contributed by atoms with van der Waals surface area (Å²) in [5.74, 6) is 0.578. The van der Waals surface area contributed by atoms with Crippen LogP contribution in [0.25, 0.3) is 0 Å². The fraction of sp³-hybridized carbons (Fsp3) is 0.300. The van der Waals surface area contributed by atoms with Gasteiger partial charge in [-0.3, -0.25) is 4.79 Å². The van der Waals surface area contributed by atoms with Gasteiger partial charge >= 0.3 is 5.97 Å². The highest BCUT2D eigenvalue weighted by Gasteiger charge is 2.30. The van der Waals surface area contributed by atoms with Crippen molar-refractivity contribution in [2.75, 3.05) is 0 Å². The van der Waals surface area contributed by atoms with E-state index in [9.17, 15) is 4.79 Å². The number of hydrogen-bond acceptors (Lipinski definition) is 2. The highest BCUT2D eigenvalue weighted by molar-refractivity contribution is 5.85. The zero-order valence-corrected chi connectivity index (χ0v) is 6.91. The van der Waals surface area contributed by atoms with E-state index in [1.165, 1.54) is 0 Å². The van der Waals surface area contributed by atoms with Gasteiger partial charge in [-0.05, 0) is 12.5 Å². The maximum atomic E-state index is 11.2. The van der Waals surface area contributed by atoms with Crippen LogP contribution >= 0.6 is 0 Å². The molecule has 2 rings (SSSR count). The second-order valence-electron chi connectivity index (χ2n) is 2.92. The summed E-state index contributed by atoms with van der Waals surface area (Å²) in [6.07, 6.45) is 0.815. The summed E-state index contributed by atoms with van der Waals surface area (Å²) in [7, 11) is 0. The van der Waals surface area contributed by atoms with Crippen LogP contribution in [0.15, 0.2) is 24.3 Å². The van der Waals surface area contributed by atoms with Gasteiger partial charge in [-0.15, -0.1) is 0 Å². The average molecular weight is 162 g/mol. The monoisotopic (exact) mass is 162 g/mol. The molecule has 0 spiro atoms. The first kappa shape index (κ1) is 7.35. The molecule has 2 heteroatoms. The number of carbonyl (C=O) groups is 1. The molecule has 0 saturated carbocycles. The summed E-state index contributed by atoms with van der Waals surface area (Å²) in [5.41, 5.74) is 1.03. The van der Waals surface area contributed by atoms with Gasteiger partial charge in [0, 0.05) is 5.56 Å². The lowest BCUT2D eigenvalue weighted by molar-refractivity contribution is -0.134. The summed E-state index contributed by atoms with van der Waals surface area (Å²) in [4.78, 5) is 11.2. The summed E-state index contributed by atoms with van der Waals surface area (Å²) in [5, 5.41) is 0. The number of para-hydroxylation sites is 1. The van der Waals surface area contributed by atoms with Crippen molar-refractivity contribution in [2.45, 2.75) is 19.3 Å². The minimum Gasteiger partial charge on any atom is -0.426 e. The van der Waals surface area contributed by atoms with Gasteiger partial charge in [-0.1, -0.05) is 25.1 Å². The molecular weight excluding hydrogens is 152 g/mol. The fourth-order valence-corrected chi connectivity index (χ4v) is 1.55. The molecule has 0 saturated heterocycles. The first-order valence-corrected chi connectivity index (χ1v) is 4.13. The molecule has 2 nitrogen and oxygen atoms in total. The molecule has 1 aliphatic rings. The third kappa shape index (κ3) is 0.916. The Labute approximate surface area is 71.2 Å². The van der Waals surface area contributed by atoms with E-state index in [4.69, 9.17) is 4.74 Å². The van der Waals surface area contributed by atoms with Crippen LogP contribution < -0.4 is 4.74 Å². The van der Waals surface area contributed by atoms with Gasteiger partial charge in [-0.2, -0.15) is 0 Å². The fourth-order valence-electron chi connectivity index (χ4n) is 1.55.